The summed E-state index contributed by atoms with van der Waals surface area (Å²) in [5, 5.41) is 2.94. The zero-order valence-corrected chi connectivity index (χ0v) is 12.9. The highest BCUT2D eigenvalue weighted by Crippen LogP contribution is 2.28. The molecule has 3 rings (SSSR count). The van der Waals surface area contributed by atoms with Gasteiger partial charge in [0.15, 0.2) is 5.78 Å². The van der Waals surface area contributed by atoms with Crippen LogP contribution in [-0.2, 0) is 0 Å². The molecule has 0 atom stereocenters. The molecule has 3 heteroatoms. The van der Waals surface area contributed by atoms with Gasteiger partial charge in [-0.15, -0.1) is 0 Å². The molecule has 0 aliphatic heterocycles. The molecule has 0 heterocycles. The number of hydrogen-bond donors (Lipinski definition) is 0. The van der Waals surface area contributed by atoms with E-state index in [9.17, 15) is 4.79 Å². The van der Waals surface area contributed by atoms with E-state index in [2.05, 4.69) is 0 Å². The molecule has 3 aromatic carbocycles. The van der Waals surface area contributed by atoms with Gasteiger partial charge in [-0.2, -0.15) is 0 Å². The van der Waals surface area contributed by atoms with Crippen LogP contribution >= 0.6 is 23.2 Å². The van der Waals surface area contributed by atoms with Crippen LogP contribution in [0.2, 0.25) is 10.0 Å². The van der Waals surface area contributed by atoms with Crippen LogP contribution in [0.15, 0.2) is 54.6 Å². The van der Waals surface area contributed by atoms with Crippen LogP contribution in [0.25, 0.3) is 10.8 Å². The van der Waals surface area contributed by atoms with Crippen molar-refractivity contribution in [3.05, 3.63) is 81.3 Å². The molecule has 0 saturated heterocycles. The molecule has 0 amide bonds. The highest BCUT2D eigenvalue weighted by molar-refractivity contribution is 6.36. The zero-order valence-electron chi connectivity index (χ0n) is 11.4. The van der Waals surface area contributed by atoms with Crippen LogP contribution in [0.1, 0.15) is 21.5 Å². The first-order valence-corrected chi connectivity index (χ1v) is 7.31. The second-order valence-electron chi connectivity index (χ2n) is 4.99. The average Bonchev–Trinajstić information content (AvgIpc) is 2.46. The summed E-state index contributed by atoms with van der Waals surface area (Å²) in [6.07, 6.45) is 0. The summed E-state index contributed by atoms with van der Waals surface area (Å²) >= 11 is 12.2. The molecule has 104 valence electrons. The van der Waals surface area contributed by atoms with Gasteiger partial charge in [-0.3, -0.25) is 4.79 Å². The standard InChI is InChI=1S/C18H12Cl2O/c1-11-8-12(10-13(19)9-11)18(21)16-6-7-17(20)15-5-3-2-4-14(15)16/h2-10H,1H3. The minimum absolute atomic E-state index is 0.0477. The molecule has 0 spiro atoms. The van der Waals surface area contributed by atoms with E-state index in [0.29, 0.717) is 21.2 Å². The molecular formula is C18H12Cl2O. The van der Waals surface area contributed by atoms with Gasteiger partial charge in [0.05, 0.1) is 0 Å². The van der Waals surface area contributed by atoms with Gasteiger partial charge in [0.1, 0.15) is 0 Å². The fraction of sp³-hybridized carbons (Fsp3) is 0.0556. The number of hydrogen-bond acceptors (Lipinski definition) is 1. The molecule has 0 fully saturated rings. The number of ketones is 1. The van der Waals surface area contributed by atoms with Crippen LogP contribution in [-0.4, -0.2) is 5.78 Å². The molecule has 21 heavy (non-hydrogen) atoms. The smallest absolute Gasteiger partial charge is 0.193 e. The number of halogens is 2. The molecule has 0 aromatic heterocycles. The first-order chi connectivity index (χ1) is 10.1. The van der Waals surface area contributed by atoms with Crippen molar-refractivity contribution in [3.63, 3.8) is 0 Å². The lowest BCUT2D eigenvalue weighted by atomic mass is 9.96. The van der Waals surface area contributed by atoms with E-state index in [0.717, 1.165) is 16.3 Å². The summed E-state index contributed by atoms with van der Waals surface area (Å²) in [5.74, 6) is -0.0477. The lowest BCUT2D eigenvalue weighted by Crippen LogP contribution is -2.03. The number of rotatable bonds is 2. The maximum Gasteiger partial charge on any atom is 0.193 e. The molecule has 0 radical (unpaired) electrons. The highest BCUT2D eigenvalue weighted by atomic mass is 35.5. The topological polar surface area (TPSA) is 17.1 Å². The number of carbonyl (C=O) groups excluding carboxylic acids is 1. The van der Waals surface area contributed by atoms with Crippen molar-refractivity contribution in [2.45, 2.75) is 6.92 Å². The third-order valence-electron chi connectivity index (χ3n) is 3.42. The normalized spacial score (nSPS) is 10.8. The number of fused-ring (bicyclic) bond motifs is 1. The van der Waals surface area contributed by atoms with Crippen LogP contribution < -0.4 is 0 Å². The molecular weight excluding hydrogens is 303 g/mol. The predicted molar refractivity (Wildman–Crippen MR) is 88.6 cm³/mol. The van der Waals surface area contributed by atoms with Crippen molar-refractivity contribution in [3.8, 4) is 0 Å². The van der Waals surface area contributed by atoms with E-state index in [1.807, 2.05) is 43.3 Å². The summed E-state index contributed by atoms with van der Waals surface area (Å²) in [5.41, 5.74) is 2.19. The molecule has 0 aliphatic carbocycles. The van der Waals surface area contributed by atoms with Gasteiger partial charge in [0.2, 0.25) is 0 Å². The molecule has 0 unspecified atom stereocenters. The average molecular weight is 315 g/mol. The van der Waals surface area contributed by atoms with Gasteiger partial charge in [-0.05, 0) is 48.2 Å². The van der Waals surface area contributed by atoms with Gasteiger partial charge in [-0.25, -0.2) is 0 Å². The van der Waals surface area contributed by atoms with Crippen LogP contribution in [0, 0.1) is 6.92 Å². The summed E-state index contributed by atoms with van der Waals surface area (Å²) in [6, 6.07) is 16.5. The molecule has 0 saturated carbocycles. The summed E-state index contributed by atoms with van der Waals surface area (Å²) in [4.78, 5) is 12.8. The zero-order chi connectivity index (χ0) is 15.0. The Morgan fingerprint density at radius 1 is 0.905 bits per heavy atom. The van der Waals surface area contributed by atoms with E-state index >= 15 is 0 Å². The second-order valence-corrected chi connectivity index (χ2v) is 5.83. The molecule has 0 bridgehead atoms. The first kappa shape index (κ1) is 14.1. The number of benzene rings is 3. The fourth-order valence-electron chi connectivity index (χ4n) is 2.48. The molecule has 0 N–H and O–H groups in total. The fourth-order valence-corrected chi connectivity index (χ4v) is 3.00. The quantitative estimate of drug-likeness (QED) is 0.556. The maximum absolute atomic E-state index is 12.8. The third kappa shape index (κ3) is 2.67. The predicted octanol–water partition coefficient (Wildman–Crippen LogP) is 5.69. The number of aryl methyl sites for hydroxylation is 1. The van der Waals surface area contributed by atoms with Crippen molar-refractivity contribution in [2.24, 2.45) is 0 Å². The monoisotopic (exact) mass is 314 g/mol. The number of carbonyl (C=O) groups is 1. The van der Waals surface area contributed by atoms with E-state index in [4.69, 9.17) is 23.2 Å². The van der Waals surface area contributed by atoms with Crippen molar-refractivity contribution in [1.29, 1.82) is 0 Å². The Balaban J connectivity index is 2.20. The SMILES string of the molecule is Cc1cc(Cl)cc(C(=O)c2ccc(Cl)c3ccccc23)c1. The molecule has 1 nitrogen and oxygen atoms in total. The molecule has 0 aliphatic rings. The Hall–Kier alpha value is -1.83. The van der Waals surface area contributed by atoms with Crippen molar-refractivity contribution < 1.29 is 4.79 Å². The van der Waals surface area contributed by atoms with E-state index in [1.54, 1.807) is 18.2 Å². The molecule has 3 aromatic rings. The van der Waals surface area contributed by atoms with Gasteiger partial charge < -0.3 is 0 Å². The van der Waals surface area contributed by atoms with Gasteiger partial charge in [0, 0.05) is 26.6 Å². The van der Waals surface area contributed by atoms with Crippen molar-refractivity contribution in [1.82, 2.24) is 0 Å². The van der Waals surface area contributed by atoms with Crippen molar-refractivity contribution >= 4 is 39.8 Å². The largest absolute Gasteiger partial charge is 0.289 e. The van der Waals surface area contributed by atoms with E-state index in [-0.39, 0.29) is 5.78 Å². The van der Waals surface area contributed by atoms with E-state index in [1.165, 1.54) is 0 Å². The minimum Gasteiger partial charge on any atom is -0.289 e. The first-order valence-electron chi connectivity index (χ1n) is 6.55. The summed E-state index contributed by atoms with van der Waals surface area (Å²) in [7, 11) is 0. The van der Waals surface area contributed by atoms with Crippen LogP contribution in [0.3, 0.4) is 0 Å². The van der Waals surface area contributed by atoms with Gasteiger partial charge >= 0.3 is 0 Å². The lowest BCUT2D eigenvalue weighted by Gasteiger charge is -2.08. The lowest BCUT2D eigenvalue weighted by molar-refractivity contribution is 0.104. The minimum atomic E-state index is -0.0477. The van der Waals surface area contributed by atoms with Crippen LogP contribution in [0.5, 0.6) is 0 Å². The Bertz CT molecular complexity index is 833. The Morgan fingerprint density at radius 3 is 2.33 bits per heavy atom. The van der Waals surface area contributed by atoms with Crippen LogP contribution in [0.4, 0.5) is 0 Å². The Morgan fingerprint density at radius 2 is 1.62 bits per heavy atom. The van der Waals surface area contributed by atoms with Gasteiger partial charge in [-0.1, -0.05) is 47.5 Å². The van der Waals surface area contributed by atoms with E-state index < -0.39 is 0 Å². The second kappa shape index (κ2) is 5.51. The van der Waals surface area contributed by atoms with Gasteiger partial charge in [0.25, 0.3) is 0 Å². The van der Waals surface area contributed by atoms with Crippen molar-refractivity contribution in [2.75, 3.05) is 0 Å². The highest BCUT2D eigenvalue weighted by Gasteiger charge is 2.14. The third-order valence-corrected chi connectivity index (χ3v) is 3.97. The maximum atomic E-state index is 12.8. The Kier molecular flexibility index (Phi) is 3.71. The Labute approximate surface area is 133 Å². The summed E-state index contributed by atoms with van der Waals surface area (Å²) < 4.78 is 0. The summed E-state index contributed by atoms with van der Waals surface area (Å²) in [6.45, 7) is 1.92.